The molecule has 0 spiro atoms. The van der Waals surface area contributed by atoms with Crippen LogP contribution in [0.2, 0.25) is 0 Å². The Morgan fingerprint density at radius 3 is 3.10 bits per heavy atom. The largest absolute Gasteiger partial charge is 0.383 e. The zero-order chi connectivity index (χ0) is 14.1. The van der Waals surface area contributed by atoms with Gasteiger partial charge in [-0.3, -0.25) is 9.89 Å². The molecule has 110 valence electrons. The number of H-pyrrole nitrogens is 1. The topological polar surface area (TPSA) is 93.0 Å². The summed E-state index contributed by atoms with van der Waals surface area (Å²) < 4.78 is 4.87. The van der Waals surface area contributed by atoms with Crippen LogP contribution in [0, 0.1) is 11.8 Å². The lowest BCUT2D eigenvalue weighted by Crippen LogP contribution is -2.39. The summed E-state index contributed by atoms with van der Waals surface area (Å²) in [6.45, 7) is 0.204. The second kappa shape index (κ2) is 5.54. The SMILES string of the molecule is COCC(N)C(=O)Nc1cc(C2CC3CCC2C3)[nH]n1. The molecule has 0 aliphatic heterocycles. The van der Waals surface area contributed by atoms with Gasteiger partial charge in [-0.15, -0.1) is 0 Å². The first-order valence-electron chi connectivity index (χ1n) is 7.28. The number of nitrogens with one attached hydrogen (secondary N) is 2. The summed E-state index contributed by atoms with van der Waals surface area (Å²) in [7, 11) is 1.52. The minimum Gasteiger partial charge on any atom is -0.383 e. The van der Waals surface area contributed by atoms with Gasteiger partial charge in [-0.25, -0.2) is 0 Å². The maximum atomic E-state index is 11.8. The van der Waals surface area contributed by atoms with E-state index in [1.807, 2.05) is 6.07 Å². The van der Waals surface area contributed by atoms with Gasteiger partial charge in [0.25, 0.3) is 0 Å². The summed E-state index contributed by atoms with van der Waals surface area (Å²) in [6.07, 6.45) is 5.31. The van der Waals surface area contributed by atoms with Crippen LogP contribution in [0.5, 0.6) is 0 Å². The van der Waals surface area contributed by atoms with Crippen LogP contribution in [0.15, 0.2) is 6.07 Å². The second-order valence-corrected chi connectivity index (χ2v) is 6.04. The van der Waals surface area contributed by atoms with Crippen molar-refractivity contribution < 1.29 is 9.53 Å². The van der Waals surface area contributed by atoms with Crippen molar-refractivity contribution in [3.8, 4) is 0 Å². The van der Waals surface area contributed by atoms with Crippen molar-refractivity contribution in [2.75, 3.05) is 19.0 Å². The quantitative estimate of drug-likeness (QED) is 0.755. The van der Waals surface area contributed by atoms with E-state index in [2.05, 4.69) is 15.5 Å². The van der Waals surface area contributed by atoms with Crippen molar-refractivity contribution in [1.29, 1.82) is 0 Å². The number of amides is 1. The maximum absolute atomic E-state index is 11.8. The van der Waals surface area contributed by atoms with E-state index in [0.29, 0.717) is 11.7 Å². The minimum absolute atomic E-state index is 0.204. The molecule has 1 amide bonds. The number of ether oxygens (including phenoxy) is 1. The van der Waals surface area contributed by atoms with Crippen molar-refractivity contribution in [2.45, 2.75) is 37.6 Å². The van der Waals surface area contributed by atoms with Crippen LogP contribution < -0.4 is 11.1 Å². The number of carbonyl (C=O) groups excluding carboxylic acids is 1. The summed E-state index contributed by atoms with van der Waals surface area (Å²) in [6, 6.07) is 1.28. The molecule has 2 bridgehead atoms. The normalized spacial score (nSPS) is 29.6. The van der Waals surface area contributed by atoms with Crippen molar-refractivity contribution in [3.05, 3.63) is 11.8 Å². The number of hydrogen-bond acceptors (Lipinski definition) is 4. The molecule has 2 aliphatic rings. The van der Waals surface area contributed by atoms with E-state index in [1.165, 1.54) is 32.8 Å². The molecule has 2 aliphatic carbocycles. The molecule has 4 unspecified atom stereocenters. The predicted molar refractivity (Wildman–Crippen MR) is 75.3 cm³/mol. The van der Waals surface area contributed by atoms with Crippen molar-refractivity contribution in [3.63, 3.8) is 0 Å². The number of aromatic amines is 1. The zero-order valence-electron chi connectivity index (χ0n) is 11.8. The number of anilines is 1. The molecule has 6 nitrogen and oxygen atoms in total. The Balaban J connectivity index is 1.61. The highest BCUT2D eigenvalue weighted by molar-refractivity contribution is 5.94. The van der Waals surface area contributed by atoms with Crippen LogP contribution in [0.4, 0.5) is 5.82 Å². The number of fused-ring (bicyclic) bond motifs is 2. The monoisotopic (exact) mass is 278 g/mol. The van der Waals surface area contributed by atoms with Crippen LogP contribution in [-0.2, 0) is 9.53 Å². The first-order chi connectivity index (χ1) is 9.67. The number of carbonyl (C=O) groups is 1. The molecular weight excluding hydrogens is 256 g/mol. The molecule has 2 saturated carbocycles. The van der Waals surface area contributed by atoms with Crippen LogP contribution in [-0.4, -0.2) is 35.9 Å². The van der Waals surface area contributed by atoms with Crippen molar-refractivity contribution in [2.24, 2.45) is 17.6 Å². The van der Waals surface area contributed by atoms with E-state index in [-0.39, 0.29) is 12.5 Å². The molecule has 2 fully saturated rings. The fourth-order valence-electron chi connectivity index (χ4n) is 3.69. The number of aromatic nitrogens is 2. The Labute approximate surface area is 118 Å². The van der Waals surface area contributed by atoms with Gasteiger partial charge in [0.2, 0.25) is 5.91 Å². The predicted octanol–water partition coefficient (Wildman–Crippen LogP) is 1.23. The third-order valence-corrected chi connectivity index (χ3v) is 4.67. The number of rotatable bonds is 5. The molecule has 1 heterocycles. The van der Waals surface area contributed by atoms with Crippen LogP contribution in [0.1, 0.15) is 37.3 Å². The molecular formula is C14H22N4O2. The standard InChI is InChI=1S/C14H22N4O2/c1-20-7-11(15)14(19)16-13-6-12(17-18-13)10-5-8-2-3-9(10)4-8/h6,8-11H,2-5,7,15H2,1H3,(H2,16,17,18,19). The number of nitrogens with zero attached hydrogens (tertiary/aromatic N) is 1. The maximum Gasteiger partial charge on any atom is 0.244 e. The van der Waals surface area contributed by atoms with Gasteiger partial charge in [-0.05, 0) is 31.1 Å². The Hall–Kier alpha value is -1.40. The van der Waals surface area contributed by atoms with Crippen LogP contribution in [0.3, 0.4) is 0 Å². The number of methoxy groups -OCH3 is 1. The molecule has 3 rings (SSSR count). The van der Waals surface area contributed by atoms with E-state index in [1.54, 1.807) is 0 Å². The molecule has 0 aromatic carbocycles. The minimum atomic E-state index is -0.664. The molecule has 0 radical (unpaired) electrons. The molecule has 1 aromatic heterocycles. The van der Waals surface area contributed by atoms with Gasteiger partial charge in [-0.1, -0.05) is 6.42 Å². The zero-order valence-corrected chi connectivity index (χ0v) is 11.8. The average molecular weight is 278 g/mol. The Morgan fingerprint density at radius 1 is 1.60 bits per heavy atom. The summed E-state index contributed by atoms with van der Waals surface area (Å²) in [5, 5.41) is 9.97. The Bertz CT molecular complexity index is 487. The van der Waals surface area contributed by atoms with E-state index >= 15 is 0 Å². The van der Waals surface area contributed by atoms with Crippen LogP contribution in [0.25, 0.3) is 0 Å². The van der Waals surface area contributed by atoms with E-state index in [0.717, 1.165) is 17.5 Å². The fraction of sp³-hybridized carbons (Fsp3) is 0.714. The highest BCUT2D eigenvalue weighted by Gasteiger charge is 2.40. The van der Waals surface area contributed by atoms with Gasteiger partial charge >= 0.3 is 0 Å². The molecule has 1 aromatic rings. The summed E-state index contributed by atoms with van der Waals surface area (Å²) in [5.74, 6) is 2.55. The lowest BCUT2D eigenvalue weighted by atomic mass is 9.86. The van der Waals surface area contributed by atoms with E-state index < -0.39 is 6.04 Å². The van der Waals surface area contributed by atoms with Crippen molar-refractivity contribution in [1.82, 2.24) is 10.2 Å². The lowest BCUT2D eigenvalue weighted by Gasteiger charge is -2.19. The summed E-state index contributed by atoms with van der Waals surface area (Å²) >= 11 is 0. The third kappa shape index (κ3) is 2.58. The molecule has 4 N–H and O–H groups in total. The average Bonchev–Trinajstić information content (AvgIpc) is 3.14. The summed E-state index contributed by atoms with van der Waals surface area (Å²) in [5.41, 5.74) is 6.83. The van der Waals surface area contributed by atoms with E-state index in [4.69, 9.17) is 10.5 Å². The highest BCUT2D eigenvalue weighted by Crippen LogP contribution is 2.52. The molecule has 6 heteroatoms. The highest BCUT2D eigenvalue weighted by atomic mass is 16.5. The lowest BCUT2D eigenvalue weighted by molar-refractivity contribution is -0.118. The first kappa shape index (κ1) is 13.6. The molecule has 0 saturated heterocycles. The van der Waals surface area contributed by atoms with Gasteiger partial charge in [-0.2, -0.15) is 5.10 Å². The van der Waals surface area contributed by atoms with Gasteiger partial charge in [0, 0.05) is 24.8 Å². The van der Waals surface area contributed by atoms with Crippen LogP contribution >= 0.6 is 0 Å². The van der Waals surface area contributed by atoms with Crippen molar-refractivity contribution >= 4 is 11.7 Å². The second-order valence-electron chi connectivity index (χ2n) is 6.04. The summed E-state index contributed by atoms with van der Waals surface area (Å²) in [4.78, 5) is 11.8. The number of hydrogen-bond donors (Lipinski definition) is 3. The fourth-order valence-corrected chi connectivity index (χ4v) is 3.69. The van der Waals surface area contributed by atoms with Gasteiger partial charge in [0.1, 0.15) is 6.04 Å². The van der Waals surface area contributed by atoms with Gasteiger partial charge in [0.05, 0.1) is 6.61 Å². The molecule has 20 heavy (non-hydrogen) atoms. The Morgan fingerprint density at radius 2 is 2.45 bits per heavy atom. The third-order valence-electron chi connectivity index (χ3n) is 4.67. The first-order valence-corrected chi connectivity index (χ1v) is 7.28. The smallest absolute Gasteiger partial charge is 0.244 e. The van der Waals surface area contributed by atoms with Gasteiger partial charge < -0.3 is 15.8 Å². The number of nitrogens with two attached hydrogens (primary N) is 1. The van der Waals surface area contributed by atoms with E-state index in [9.17, 15) is 4.79 Å². The Kier molecular flexibility index (Phi) is 3.76. The van der Waals surface area contributed by atoms with Gasteiger partial charge in [0.15, 0.2) is 5.82 Å². The molecule has 4 atom stereocenters.